The fourth-order valence-electron chi connectivity index (χ4n) is 3.02. The molecule has 2 aliphatic rings. The summed E-state index contributed by atoms with van der Waals surface area (Å²) in [5.41, 5.74) is -0.0204. The Morgan fingerprint density at radius 3 is 2.76 bits per heavy atom. The number of nitrogens with zero attached hydrogens (tertiary/aromatic N) is 1. The number of aliphatic hydroxyl groups excluding tert-OH is 1. The molecular formula is C23H36N2O4. The third kappa shape index (κ3) is 6.61. The van der Waals surface area contributed by atoms with Gasteiger partial charge < -0.3 is 24.8 Å². The average molecular weight is 422 g/mol. The molecule has 1 aromatic rings. The zero-order valence-corrected chi connectivity index (χ0v) is 15.7. The second-order valence-electron chi connectivity index (χ2n) is 6.37. The predicted molar refractivity (Wildman–Crippen MR) is 113 cm³/mol. The van der Waals surface area contributed by atoms with Gasteiger partial charge in [-0.05, 0) is 50.0 Å². The van der Waals surface area contributed by atoms with Crippen LogP contribution in [0.15, 0.2) is 18.2 Å². The number of nitrogens with one attached hydrogen (secondary N) is 1. The number of rotatable bonds is 11. The Balaban J connectivity index is 2.04. The molecule has 1 amide bonds. The maximum Gasteiger partial charge on any atom is 0.220 e. The van der Waals surface area contributed by atoms with Gasteiger partial charge in [0.1, 0.15) is 19.3 Å². The van der Waals surface area contributed by atoms with Crippen molar-refractivity contribution in [1.82, 2.24) is 10.2 Å². The molecule has 0 bridgehead atoms. The van der Waals surface area contributed by atoms with Crippen molar-refractivity contribution < 1.29 is 42.7 Å². The van der Waals surface area contributed by atoms with Crippen LogP contribution < -0.4 is 14.8 Å². The van der Waals surface area contributed by atoms with Crippen LogP contribution in [0.1, 0.15) is 92.9 Å². The highest BCUT2D eigenvalue weighted by Gasteiger charge is 2.27. The number of aliphatic hydroxyl groups is 1. The van der Waals surface area contributed by atoms with Crippen molar-refractivity contribution >= 4 is 5.91 Å². The monoisotopic (exact) mass is 421 g/mol. The highest BCUT2D eigenvalue weighted by molar-refractivity contribution is 5.76. The molecule has 0 radical (unpaired) electrons. The van der Waals surface area contributed by atoms with E-state index in [1.165, 1.54) is 23.1 Å². The molecule has 0 aliphatic carbocycles. The quantitative estimate of drug-likeness (QED) is 0.573. The summed E-state index contributed by atoms with van der Waals surface area (Å²) in [7, 11) is 0. The van der Waals surface area contributed by atoms with Crippen molar-refractivity contribution in [3.05, 3.63) is 23.8 Å². The van der Waals surface area contributed by atoms with Gasteiger partial charge in [0.25, 0.3) is 0 Å². The van der Waals surface area contributed by atoms with E-state index in [9.17, 15) is 9.90 Å². The van der Waals surface area contributed by atoms with E-state index in [0.29, 0.717) is 18.6 Å². The third-order valence-corrected chi connectivity index (χ3v) is 4.36. The Morgan fingerprint density at radius 1 is 1.21 bits per heavy atom. The van der Waals surface area contributed by atoms with Crippen molar-refractivity contribution in [2.75, 3.05) is 32.8 Å². The van der Waals surface area contributed by atoms with Crippen molar-refractivity contribution in [3.8, 4) is 11.5 Å². The second-order valence-corrected chi connectivity index (χ2v) is 6.37. The summed E-state index contributed by atoms with van der Waals surface area (Å²) < 4.78 is 148. The van der Waals surface area contributed by atoms with Crippen LogP contribution >= 0.6 is 0 Å². The predicted octanol–water partition coefficient (Wildman–Crippen LogP) is 3.43. The molecule has 1 saturated heterocycles. The summed E-state index contributed by atoms with van der Waals surface area (Å²) in [6.45, 7) is -5.74. The Kier molecular flexibility index (Phi) is 3.44. The molecule has 3 rings (SSSR count). The number of fused-ring (bicyclic) bond motifs is 1. The fourth-order valence-corrected chi connectivity index (χ4v) is 3.02. The number of carbonyl (C=O) groups is 1. The number of carbonyl (C=O) groups excluding carboxylic acids is 1. The molecule has 1 aromatic carbocycles. The lowest BCUT2D eigenvalue weighted by molar-refractivity contribution is -0.123. The molecule has 162 valence electrons. The van der Waals surface area contributed by atoms with Crippen molar-refractivity contribution in [2.24, 2.45) is 0 Å². The number of benzene rings is 1. The van der Waals surface area contributed by atoms with E-state index in [1.54, 1.807) is 0 Å². The zero-order valence-electron chi connectivity index (χ0n) is 32.7. The molecule has 6 nitrogen and oxygen atoms in total. The first-order valence-electron chi connectivity index (χ1n) is 17.7. The third-order valence-electron chi connectivity index (χ3n) is 4.36. The van der Waals surface area contributed by atoms with Crippen LogP contribution in [-0.2, 0) is 4.79 Å². The minimum absolute atomic E-state index is 0.0204. The smallest absolute Gasteiger partial charge is 0.220 e. The second kappa shape index (κ2) is 11.4. The summed E-state index contributed by atoms with van der Waals surface area (Å²) in [4.78, 5) is 14.8. The van der Waals surface area contributed by atoms with Crippen LogP contribution in [0.5, 0.6) is 11.5 Å². The number of ether oxygens (including phenoxy) is 2. The molecule has 0 saturated carbocycles. The van der Waals surface area contributed by atoms with Crippen LogP contribution in [0.25, 0.3) is 0 Å². The normalized spacial score (nSPS) is 31.0. The van der Waals surface area contributed by atoms with Gasteiger partial charge in [0, 0.05) is 36.2 Å². The van der Waals surface area contributed by atoms with Gasteiger partial charge in [-0.25, -0.2) is 0 Å². The van der Waals surface area contributed by atoms with Gasteiger partial charge in [-0.1, -0.05) is 38.4 Å². The van der Waals surface area contributed by atoms with Crippen molar-refractivity contribution in [3.63, 3.8) is 0 Å². The van der Waals surface area contributed by atoms with Gasteiger partial charge >= 0.3 is 0 Å². The SMILES string of the molecule is [2H]C([2H])([C@@H](NC(=O)C([2H])([2H])C([2H])([2H])C([2H])([2H])C([2H])([2H])C([2H])([2H])C([2H])([2H])C([2H])([2H])[2H])[C@H](O)c1ccc2c(c1)OCCO2)N1CCCC1. The lowest BCUT2D eigenvalue weighted by Crippen LogP contribution is -2.46. The lowest BCUT2D eigenvalue weighted by Gasteiger charge is -2.29. The summed E-state index contributed by atoms with van der Waals surface area (Å²) in [5.74, 6) is -1.56. The Bertz CT molecular complexity index is 1280. The molecule has 29 heavy (non-hydrogen) atoms. The van der Waals surface area contributed by atoms with E-state index in [2.05, 4.69) is 0 Å². The van der Waals surface area contributed by atoms with E-state index in [-0.39, 0.29) is 37.6 Å². The summed E-state index contributed by atoms with van der Waals surface area (Å²) in [6, 6.07) is 2.00. The molecule has 1 fully saturated rings. The molecule has 0 aromatic heterocycles. The zero-order chi connectivity index (χ0) is 35.5. The molecule has 6 heteroatoms. The summed E-state index contributed by atoms with van der Waals surface area (Å²) in [6.07, 6.45) is -26.7. The lowest BCUT2D eigenvalue weighted by atomic mass is 10.0. The molecule has 0 unspecified atom stereocenters. The standard InChI is InChI=1S/C23H36N2O4/c1-2-3-4-5-6-9-22(26)24-19(17-25-12-7-8-13-25)23(27)18-10-11-20-21(16-18)29-15-14-28-20/h10-11,16,19,23,27H,2-9,12-15,17H2,1H3,(H,24,26)/t19-,23-/m1/s1/i1D3,2D2,3D2,4D2,5D2,6D2,9D2,17D2. The van der Waals surface area contributed by atoms with Gasteiger partial charge in [-0.15, -0.1) is 0 Å². The highest BCUT2D eigenvalue weighted by atomic mass is 16.6. The van der Waals surface area contributed by atoms with Crippen molar-refractivity contribution in [2.45, 2.75) is 70.1 Å². The van der Waals surface area contributed by atoms with E-state index < -0.39 is 69.6 Å². The van der Waals surface area contributed by atoms with Crippen LogP contribution in [0.3, 0.4) is 0 Å². The first-order valence-corrected chi connectivity index (χ1v) is 9.24. The minimum Gasteiger partial charge on any atom is -0.486 e. The first-order chi connectivity index (χ1) is 20.6. The van der Waals surface area contributed by atoms with Gasteiger partial charge in [0.05, 0.1) is 6.04 Å². The largest absolute Gasteiger partial charge is 0.486 e. The van der Waals surface area contributed by atoms with Crippen molar-refractivity contribution in [1.29, 1.82) is 0 Å². The van der Waals surface area contributed by atoms with Crippen LogP contribution in [0.2, 0.25) is 0 Å². The fraction of sp³-hybridized carbons (Fsp3) is 0.696. The molecule has 2 atom stereocenters. The van der Waals surface area contributed by atoms with E-state index in [1.807, 2.05) is 5.32 Å². The van der Waals surface area contributed by atoms with Crippen LogP contribution in [-0.4, -0.2) is 54.8 Å². The van der Waals surface area contributed by atoms with E-state index >= 15 is 0 Å². The number of likely N-dealkylation sites (tertiary alicyclic amines) is 1. The molecule has 0 spiro atoms. The van der Waals surface area contributed by atoms with Gasteiger partial charge in [-0.2, -0.15) is 0 Å². The van der Waals surface area contributed by atoms with Crippen LogP contribution in [0, 0.1) is 0 Å². The average Bonchev–Trinajstić information content (AvgIpc) is 3.50. The summed E-state index contributed by atoms with van der Waals surface area (Å²) >= 11 is 0. The van der Waals surface area contributed by atoms with Crippen LogP contribution in [0.4, 0.5) is 0 Å². The number of hydrogen-bond acceptors (Lipinski definition) is 5. The van der Waals surface area contributed by atoms with Gasteiger partial charge in [-0.3, -0.25) is 4.79 Å². The topological polar surface area (TPSA) is 71.0 Å². The number of hydrogen-bond donors (Lipinski definition) is 2. The van der Waals surface area contributed by atoms with Gasteiger partial charge in [0.15, 0.2) is 11.5 Å². The molecule has 2 aliphatic heterocycles. The first kappa shape index (κ1) is 8.75. The molecular weight excluding hydrogens is 368 g/mol. The van der Waals surface area contributed by atoms with E-state index in [4.69, 9.17) is 32.8 Å². The molecule has 2 N–H and O–H groups in total. The summed E-state index contributed by atoms with van der Waals surface area (Å²) in [5, 5.41) is 13.3. The highest BCUT2D eigenvalue weighted by Crippen LogP contribution is 2.33. The molecule has 2 heterocycles. The maximum atomic E-state index is 13.5. The maximum absolute atomic E-state index is 13.5. The minimum atomic E-state index is -4.44. The van der Waals surface area contributed by atoms with E-state index in [0.717, 1.165) is 0 Å². The number of amides is 1. The Morgan fingerprint density at radius 2 is 1.97 bits per heavy atom. The Labute approximate surface area is 198 Å². The van der Waals surface area contributed by atoms with Gasteiger partial charge in [0.2, 0.25) is 5.91 Å². The Hall–Kier alpha value is -1.79.